The highest BCUT2D eigenvalue weighted by atomic mass is 16.5. The van der Waals surface area contributed by atoms with Crippen LogP contribution in [-0.2, 0) is 14.3 Å². The summed E-state index contributed by atoms with van der Waals surface area (Å²) in [6, 6.07) is -0.681. The summed E-state index contributed by atoms with van der Waals surface area (Å²) < 4.78 is 5.14. The van der Waals surface area contributed by atoms with E-state index in [4.69, 9.17) is 9.84 Å². The van der Waals surface area contributed by atoms with E-state index in [0.717, 1.165) is 0 Å². The summed E-state index contributed by atoms with van der Waals surface area (Å²) >= 11 is 0. The van der Waals surface area contributed by atoms with E-state index in [1.165, 1.54) is 0 Å². The van der Waals surface area contributed by atoms with Gasteiger partial charge in [0.05, 0.1) is 19.8 Å². The second-order valence-electron chi connectivity index (χ2n) is 4.43. The van der Waals surface area contributed by atoms with Gasteiger partial charge < -0.3 is 14.7 Å². The van der Waals surface area contributed by atoms with E-state index in [-0.39, 0.29) is 18.4 Å². The lowest BCUT2D eigenvalue weighted by Crippen LogP contribution is -2.49. The lowest BCUT2D eigenvalue weighted by molar-refractivity contribution is -0.141. The summed E-state index contributed by atoms with van der Waals surface area (Å²) in [6.07, 6.45) is 0. The summed E-state index contributed by atoms with van der Waals surface area (Å²) in [5.41, 5.74) is 0. The first-order valence-electron chi connectivity index (χ1n) is 5.84. The molecule has 0 bridgehead atoms. The molecule has 0 aliphatic carbocycles. The second-order valence-corrected chi connectivity index (χ2v) is 4.43. The molecule has 6 heteroatoms. The number of carboxylic acid groups (broad SMARTS) is 1. The molecule has 0 aromatic carbocycles. The number of nitrogens with one attached hydrogen (secondary N) is 1. The van der Waals surface area contributed by atoms with Crippen LogP contribution in [0.4, 0.5) is 0 Å². The molecule has 0 aromatic heterocycles. The maximum Gasteiger partial charge on any atom is 0.320 e. The molecule has 98 valence electrons. The Balaban J connectivity index is 2.37. The van der Waals surface area contributed by atoms with Crippen molar-refractivity contribution in [2.75, 3.05) is 32.8 Å². The highest BCUT2D eigenvalue weighted by Gasteiger charge is 2.23. The Kier molecular flexibility index (Phi) is 5.37. The quantitative estimate of drug-likeness (QED) is 0.684. The Bertz CT molecular complexity index is 275. The summed E-state index contributed by atoms with van der Waals surface area (Å²) in [5.74, 6) is -1.04. The molecule has 1 unspecified atom stereocenters. The summed E-state index contributed by atoms with van der Waals surface area (Å²) in [4.78, 5) is 24.4. The van der Waals surface area contributed by atoms with E-state index in [1.807, 2.05) is 13.8 Å². The highest BCUT2D eigenvalue weighted by Crippen LogP contribution is 2.02. The van der Waals surface area contributed by atoms with Crippen molar-refractivity contribution in [2.45, 2.75) is 19.9 Å². The van der Waals surface area contributed by atoms with Gasteiger partial charge in [-0.25, -0.2) is 0 Å². The molecule has 1 fully saturated rings. The van der Waals surface area contributed by atoms with E-state index in [9.17, 15) is 9.59 Å². The molecule has 1 saturated heterocycles. The molecule has 0 saturated carbocycles. The molecule has 6 nitrogen and oxygen atoms in total. The minimum atomic E-state index is -0.922. The Morgan fingerprint density at radius 3 is 2.41 bits per heavy atom. The van der Waals surface area contributed by atoms with Crippen LogP contribution in [0, 0.1) is 5.92 Å². The zero-order valence-electron chi connectivity index (χ0n) is 10.3. The number of nitrogens with zero attached hydrogens (tertiary/aromatic N) is 1. The Morgan fingerprint density at radius 2 is 1.94 bits per heavy atom. The molecule has 1 heterocycles. The maximum atomic E-state index is 11.8. The van der Waals surface area contributed by atoms with Gasteiger partial charge in [-0.1, -0.05) is 13.8 Å². The minimum absolute atomic E-state index is 0.0509. The standard InChI is InChI=1S/C11H20N2O4/c1-8(2)10(11(15)16)12-7-9(14)13-3-5-17-6-4-13/h8,10,12H,3-7H2,1-2H3,(H,15,16). The van der Waals surface area contributed by atoms with Gasteiger partial charge in [-0.3, -0.25) is 14.9 Å². The average molecular weight is 244 g/mol. The van der Waals surface area contributed by atoms with Crippen LogP contribution < -0.4 is 5.32 Å². The number of carboxylic acids is 1. The van der Waals surface area contributed by atoms with Crippen molar-refractivity contribution in [1.82, 2.24) is 10.2 Å². The number of rotatable bonds is 5. The summed E-state index contributed by atoms with van der Waals surface area (Å²) in [5, 5.41) is 11.7. The Labute approximate surface area is 101 Å². The van der Waals surface area contributed by atoms with Crippen LogP contribution in [0.5, 0.6) is 0 Å². The molecule has 0 radical (unpaired) electrons. The molecule has 1 atom stereocenters. The second kappa shape index (κ2) is 6.56. The lowest BCUT2D eigenvalue weighted by atomic mass is 10.1. The van der Waals surface area contributed by atoms with Crippen molar-refractivity contribution in [3.63, 3.8) is 0 Å². The third kappa shape index (κ3) is 4.32. The van der Waals surface area contributed by atoms with Gasteiger partial charge in [0.15, 0.2) is 0 Å². The van der Waals surface area contributed by atoms with E-state index < -0.39 is 12.0 Å². The largest absolute Gasteiger partial charge is 0.480 e. The van der Waals surface area contributed by atoms with E-state index >= 15 is 0 Å². The number of aliphatic carboxylic acids is 1. The van der Waals surface area contributed by atoms with E-state index in [0.29, 0.717) is 26.3 Å². The fourth-order valence-corrected chi connectivity index (χ4v) is 1.73. The van der Waals surface area contributed by atoms with Gasteiger partial charge in [-0.05, 0) is 5.92 Å². The minimum Gasteiger partial charge on any atom is -0.480 e. The molecule has 17 heavy (non-hydrogen) atoms. The van der Waals surface area contributed by atoms with E-state index in [1.54, 1.807) is 4.90 Å². The summed E-state index contributed by atoms with van der Waals surface area (Å²) in [7, 11) is 0. The predicted octanol–water partition coefficient (Wildman–Crippen LogP) is -0.456. The fraction of sp³-hybridized carbons (Fsp3) is 0.818. The topological polar surface area (TPSA) is 78.9 Å². The van der Waals surface area contributed by atoms with Crippen molar-refractivity contribution in [3.05, 3.63) is 0 Å². The van der Waals surface area contributed by atoms with Crippen molar-refractivity contribution >= 4 is 11.9 Å². The zero-order chi connectivity index (χ0) is 12.8. The number of hydrogen-bond donors (Lipinski definition) is 2. The Morgan fingerprint density at radius 1 is 1.35 bits per heavy atom. The van der Waals surface area contributed by atoms with Gasteiger partial charge in [-0.15, -0.1) is 0 Å². The molecule has 1 amide bonds. The summed E-state index contributed by atoms with van der Waals surface area (Å²) in [6.45, 7) is 5.96. The van der Waals surface area contributed by atoms with Crippen LogP contribution in [-0.4, -0.2) is 60.8 Å². The average Bonchev–Trinajstić information content (AvgIpc) is 2.29. The molecule has 1 rings (SSSR count). The first kappa shape index (κ1) is 13.9. The van der Waals surface area contributed by atoms with Gasteiger partial charge >= 0.3 is 5.97 Å². The van der Waals surface area contributed by atoms with Crippen LogP contribution in [0.25, 0.3) is 0 Å². The number of hydrogen-bond acceptors (Lipinski definition) is 4. The number of ether oxygens (including phenoxy) is 1. The first-order chi connectivity index (χ1) is 8.02. The van der Waals surface area contributed by atoms with Crippen molar-refractivity contribution in [1.29, 1.82) is 0 Å². The third-order valence-corrected chi connectivity index (χ3v) is 2.77. The van der Waals surface area contributed by atoms with Gasteiger partial charge in [0.25, 0.3) is 0 Å². The molecule has 0 aromatic rings. The number of morpholine rings is 1. The lowest BCUT2D eigenvalue weighted by Gasteiger charge is -2.28. The number of amides is 1. The SMILES string of the molecule is CC(C)C(NCC(=O)N1CCOCC1)C(=O)O. The number of carbonyl (C=O) groups excluding carboxylic acids is 1. The van der Waals surface area contributed by atoms with Gasteiger partial charge in [0, 0.05) is 13.1 Å². The predicted molar refractivity (Wildman–Crippen MR) is 61.7 cm³/mol. The van der Waals surface area contributed by atoms with Crippen molar-refractivity contribution < 1.29 is 19.4 Å². The molecule has 1 aliphatic rings. The van der Waals surface area contributed by atoms with Crippen LogP contribution in [0.3, 0.4) is 0 Å². The van der Waals surface area contributed by atoms with Crippen LogP contribution in [0.15, 0.2) is 0 Å². The Hall–Kier alpha value is -1.14. The van der Waals surface area contributed by atoms with Gasteiger partial charge in [-0.2, -0.15) is 0 Å². The first-order valence-corrected chi connectivity index (χ1v) is 5.84. The van der Waals surface area contributed by atoms with Gasteiger partial charge in [0.2, 0.25) is 5.91 Å². The van der Waals surface area contributed by atoms with Gasteiger partial charge in [0.1, 0.15) is 6.04 Å². The normalized spacial score (nSPS) is 18.2. The van der Waals surface area contributed by atoms with Crippen LogP contribution >= 0.6 is 0 Å². The van der Waals surface area contributed by atoms with Crippen LogP contribution in [0.2, 0.25) is 0 Å². The monoisotopic (exact) mass is 244 g/mol. The fourth-order valence-electron chi connectivity index (χ4n) is 1.73. The number of carbonyl (C=O) groups is 2. The third-order valence-electron chi connectivity index (χ3n) is 2.77. The molecule has 1 aliphatic heterocycles. The molecular weight excluding hydrogens is 224 g/mol. The van der Waals surface area contributed by atoms with Crippen LogP contribution in [0.1, 0.15) is 13.8 Å². The van der Waals surface area contributed by atoms with E-state index in [2.05, 4.69) is 5.32 Å². The maximum absolute atomic E-state index is 11.8. The highest BCUT2D eigenvalue weighted by molar-refractivity contribution is 5.80. The molecular formula is C11H20N2O4. The van der Waals surface area contributed by atoms with Crippen molar-refractivity contribution in [3.8, 4) is 0 Å². The molecule has 2 N–H and O–H groups in total. The smallest absolute Gasteiger partial charge is 0.320 e. The molecule has 0 spiro atoms. The van der Waals surface area contributed by atoms with Crippen molar-refractivity contribution in [2.24, 2.45) is 5.92 Å². The zero-order valence-corrected chi connectivity index (χ0v) is 10.3.